The van der Waals surface area contributed by atoms with Gasteiger partial charge in [-0.2, -0.15) is 9.57 Å². The maximum atomic E-state index is 13.0. The highest BCUT2D eigenvalue weighted by Gasteiger charge is 2.33. The molecule has 2 aliphatic rings. The van der Waals surface area contributed by atoms with Crippen LogP contribution in [0.25, 0.3) is 0 Å². The van der Waals surface area contributed by atoms with Gasteiger partial charge in [-0.15, -0.1) is 0 Å². The van der Waals surface area contributed by atoms with Gasteiger partial charge >= 0.3 is 0 Å². The number of benzene rings is 1. The number of hydrogen-bond donors (Lipinski definition) is 1. The first-order valence-electron chi connectivity index (χ1n) is 11.6. The number of piperazine rings is 1. The number of amides is 2. The lowest BCUT2D eigenvalue weighted by Gasteiger charge is -2.36. The summed E-state index contributed by atoms with van der Waals surface area (Å²) in [4.78, 5) is 29.0. The van der Waals surface area contributed by atoms with Crippen molar-refractivity contribution in [3.63, 3.8) is 0 Å². The van der Waals surface area contributed by atoms with Gasteiger partial charge in [0, 0.05) is 39.3 Å². The number of hydrogen-bond acceptors (Lipinski definition) is 6. The van der Waals surface area contributed by atoms with Crippen LogP contribution < -0.4 is 5.32 Å². The summed E-state index contributed by atoms with van der Waals surface area (Å²) >= 11 is 0. The second kappa shape index (κ2) is 11.6. The number of carbonyl (C=O) groups excluding carboxylic acids is 2. The van der Waals surface area contributed by atoms with E-state index < -0.39 is 10.0 Å². The molecule has 2 aliphatic heterocycles. The van der Waals surface area contributed by atoms with Gasteiger partial charge in [0.05, 0.1) is 22.9 Å². The number of carbonyl (C=O) groups is 2. The fourth-order valence-electron chi connectivity index (χ4n) is 4.34. The molecule has 1 atom stereocenters. The van der Waals surface area contributed by atoms with E-state index in [9.17, 15) is 23.3 Å². The molecule has 3 rings (SSSR count). The second-order valence-corrected chi connectivity index (χ2v) is 10.5. The maximum Gasteiger partial charge on any atom is 0.244 e. The van der Waals surface area contributed by atoms with Crippen LogP contribution in [0, 0.1) is 17.2 Å². The highest BCUT2D eigenvalue weighted by molar-refractivity contribution is 7.89. The molecule has 0 saturated carbocycles. The molecule has 0 radical (unpaired) electrons. The molecule has 0 bridgehead atoms. The SMILES string of the molecule is CCCCNC(=O)C1CCCN(CC(=O)N2CCN(S(=O)(=O)c3ccccc3C#N)CC2)C1. The molecule has 180 valence electrons. The molecule has 1 N–H and O–H groups in total. The first-order valence-corrected chi connectivity index (χ1v) is 13.1. The zero-order chi connectivity index (χ0) is 23.8. The fraction of sp³-hybridized carbons (Fsp3) is 0.609. The van der Waals surface area contributed by atoms with E-state index in [0.29, 0.717) is 26.2 Å². The number of rotatable bonds is 8. The van der Waals surface area contributed by atoms with Crippen LogP contribution in [0.4, 0.5) is 0 Å². The van der Waals surface area contributed by atoms with Gasteiger partial charge in [-0.25, -0.2) is 8.42 Å². The molecule has 2 fully saturated rings. The summed E-state index contributed by atoms with van der Waals surface area (Å²) in [7, 11) is -3.79. The molecule has 0 spiro atoms. The number of piperidine rings is 1. The van der Waals surface area contributed by atoms with Crippen molar-refractivity contribution in [1.29, 1.82) is 5.26 Å². The Bertz CT molecular complexity index is 983. The molecule has 2 amide bonds. The van der Waals surface area contributed by atoms with Crippen LogP contribution in [0.1, 0.15) is 38.2 Å². The average Bonchev–Trinajstić information content (AvgIpc) is 2.84. The third-order valence-electron chi connectivity index (χ3n) is 6.28. The molecular formula is C23H33N5O4S. The lowest BCUT2D eigenvalue weighted by molar-refractivity contribution is -0.135. The molecule has 1 aromatic carbocycles. The van der Waals surface area contributed by atoms with Crippen LogP contribution in [0.2, 0.25) is 0 Å². The van der Waals surface area contributed by atoms with Crippen molar-refractivity contribution >= 4 is 21.8 Å². The van der Waals surface area contributed by atoms with Crippen LogP contribution in [0.3, 0.4) is 0 Å². The predicted molar refractivity (Wildman–Crippen MR) is 124 cm³/mol. The van der Waals surface area contributed by atoms with Crippen molar-refractivity contribution in [3.05, 3.63) is 29.8 Å². The van der Waals surface area contributed by atoms with E-state index >= 15 is 0 Å². The summed E-state index contributed by atoms with van der Waals surface area (Å²) in [5, 5.41) is 12.2. The van der Waals surface area contributed by atoms with Crippen molar-refractivity contribution in [2.45, 2.75) is 37.5 Å². The predicted octanol–water partition coefficient (Wildman–Crippen LogP) is 1.02. The van der Waals surface area contributed by atoms with Crippen molar-refractivity contribution in [2.24, 2.45) is 5.92 Å². The largest absolute Gasteiger partial charge is 0.356 e. The maximum absolute atomic E-state index is 13.0. The Morgan fingerprint density at radius 3 is 2.58 bits per heavy atom. The molecular weight excluding hydrogens is 442 g/mol. The number of likely N-dealkylation sites (tertiary alicyclic amines) is 1. The van der Waals surface area contributed by atoms with Gasteiger partial charge in [0.2, 0.25) is 21.8 Å². The van der Waals surface area contributed by atoms with E-state index in [4.69, 9.17) is 0 Å². The Morgan fingerprint density at radius 1 is 1.15 bits per heavy atom. The topological polar surface area (TPSA) is 114 Å². The number of nitrogens with zero attached hydrogens (tertiary/aromatic N) is 4. The number of sulfonamides is 1. The number of unbranched alkanes of at least 4 members (excludes halogenated alkanes) is 1. The van der Waals surface area contributed by atoms with E-state index in [2.05, 4.69) is 12.2 Å². The van der Waals surface area contributed by atoms with Gasteiger partial charge in [0.1, 0.15) is 6.07 Å². The summed E-state index contributed by atoms with van der Waals surface area (Å²) in [6.45, 7) is 5.36. The summed E-state index contributed by atoms with van der Waals surface area (Å²) in [5.41, 5.74) is 0.120. The first-order chi connectivity index (χ1) is 15.9. The first kappa shape index (κ1) is 25.1. The minimum atomic E-state index is -3.79. The van der Waals surface area contributed by atoms with E-state index in [0.717, 1.165) is 32.2 Å². The van der Waals surface area contributed by atoms with E-state index in [-0.39, 0.29) is 47.8 Å². The molecule has 10 heteroatoms. The number of nitrogens with one attached hydrogen (secondary N) is 1. The lowest BCUT2D eigenvalue weighted by atomic mass is 9.97. The Labute approximate surface area is 196 Å². The molecule has 1 aromatic rings. The summed E-state index contributed by atoms with van der Waals surface area (Å²) in [6, 6.07) is 8.10. The minimum absolute atomic E-state index is 0.00356. The van der Waals surface area contributed by atoms with Crippen LogP contribution >= 0.6 is 0 Å². The van der Waals surface area contributed by atoms with Crippen molar-refractivity contribution in [1.82, 2.24) is 19.4 Å². The molecule has 2 heterocycles. The smallest absolute Gasteiger partial charge is 0.244 e. The molecule has 2 saturated heterocycles. The van der Waals surface area contributed by atoms with Gasteiger partial charge in [-0.1, -0.05) is 25.5 Å². The quantitative estimate of drug-likeness (QED) is 0.562. The van der Waals surface area contributed by atoms with Gasteiger partial charge in [-0.3, -0.25) is 14.5 Å². The van der Waals surface area contributed by atoms with Gasteiger partial charge in [0.25, 0.3) is 0 Å². The third kappa shape index (κ3) is 6.31. The van der Waals surface area contributed by atoms with Crippen LogP contribution in [-0.4, -0.2) is 86.7 Å². The molecule has 1 unspecified atom stereocenters. The van der Waals surface area contributed by atoms with Crippen LogP contribution in [0.15, 0.2) is 29.2 Å². The summed E-state index contributed by atoms with van der Waals surface area (Å²) in [6.07, 6.45) is 3.71. The Balaban J connectivity index is 1.51. The van der Waals surface area contributed by atoms with E-state index in [1.807, 2.05) is 11.0 Å². The lowest BCUT2D eigenvalue weighted by Crippen LogP contribution is -2.53. The van der Waals surface area contributed by atoms with Gasteiger partial charge < -0.3 is 10.2 Å². The summed E-state index contributed by atoms with van der Waals surface area (Å²) < 4.78 is 27.3. The van der Waals surface area contributed by atoms with Gasteiger partial charge in [0.15, 0.2) is 0 Å². The second-order valence-electron chi connectivity index (χ2n) is 8.61. The van der Waals surface area contributed by atoms with Crippen LogP contribution in [-0.2, 0) is 19.6 Å². The Morgan fingerprint density at radius 2 is 1.88 bits per heavy atom. The standard InChI is InChI=1S/C23H33N5O4S/c1-2-3-10-25-23(30)20-8-6-11-26(17-20)18-22(29)27-12-14-28(15-13-27)33(31,32)21-9-5-4-7-19(21)16-24/h4-5,7,9,20H,2-3,6,8,10-15,17-18H2,1H3,(H,25,30). The molecule has 33 heavy (non-hydrogen) atoms. The molecule has 9 nitrogen and oxygen atoms in total. The normalized spacial score (nSPS) is 20.2. The highest BCUT2D eigenvalue weighted by Crippen LogP contribution is 2.21. The van der Waals surface area contributed by atoms with Crippen LogP contribution in [0.5, 0.6) is 0 Å². The third-order valence-corrected chi connectivity index (χ3v) is 8.24. The average molecular weight is 476 g/mol. The monoisotopic (exact) mass is 475 g/mol. The zero-order valence-corrected chi connectivity index (χ0v) is 20.0. The van der Waals surface area contributed by atoms with Crippen molar-refractivity contribution in [2.75, 3.05) is 52.4 Å². The van der Waals surface area contributed by atoms with Gasteiger partial charge in [-0.05, 0) is 37.9 Å². The van der Waals surface area contributed by atoms with Crippen molar-refractivity contribution in [3.8, 4) is 6.07 Å². The van der Waals surface area contributed by atoms with E-state index in [1.54, 1.807) is 17.0 Å². The minimum Gasteiger partial charge on any atom is -0.356 e. The van der Waals surface area contributed by atoms with Crippen molar-refractivity contribution < 1.29 is 18.0 Å². The Kier molecular flexibility index (Phi) is 8.83. The molecule has 0 aliphatic carbocycles. The van der Waals surface area contributed by atoms with E-state index in [1.165, 1.54) is 16.4 Å². The Hall–Kier alpha value is -2.48. The molecule has 0 aromatic heterocycles. The fourth-order valence-corrected chi connectivity index (χ4v) is 5.90. The number of nitriles is 1. The summed E-state index contributed by atoms with van der Waals surface area (Å²) in [5.74, 6) is -0.0702. The zero-order valence-electron chi connectivity index (χ0n) is 19.2. The highest BCUT2D eigenvalue weighted by atomic mass is 32.2.